The lowest BCUT2D eigenvalue weighted by atomic mass is 10.2. The molecule has 0 aromatic rings. The highest BCUT2D eigenvalue weighted by atomic mass is 16.1. The van der Waals surface area contributed by atoms with Gasteiger partial charge in [0.15, 0.2) is 0 Å². The van der Waals surface area contributed by atoms with Gasteiger partial charge in [-0.3, -0.25) is 14.9 Å². The summed E-state index contributed by atoms with van der Waals surface area (Å²) in [6, 6.07) is 0.225. The first kappa shape index (κ1) is 11.9. The molecule has 0 bridgehead atoms. The van der Waals surface area contributed by atoms with Crippen LogP contribution >= 0.6 is 0 Å². The zero-order chi connectivity index (χ0) is 9.94. The van der Waals surface area contributed by atoms with E-state index in [0.717, 1.165) is 12.8 Å². The van der Waals surface area contributed by atoms with Crippen LogP contribution in [0.4, 0.5) is 0 Å². The van der Waals surface area contributed by atoms with E-state index in [0.29, 0.717) is 26.0 Å². The number of nitrogens with one attached hydrogen (secondary N) is 3. The molecule has 0 aliphatic heterocycles. The van der Waals surface area contributed by atoms with Gasteiger partial charge in [0.25, 0.3) is 0 Å². The average molecular weight is 187 g/mol. The molecule has 0 radical (unpaired) electrons. The number of hydrogen-bond acceptors (Lipinski definition) is 3. The van der Waals surface area contributed by atoms with Crippen LogP contribution in [0.15, 0.2) is 0 Å². The summed E-state index contributed by atoms with van der Waals surface area (Å²) >= 11 is 0. The molecule has 0 aliphatic rings. The third-order valence-corrected chi connectivity index (χ3v) is 1.66. The van der Waals surface area contributed by atoms with E-state index in [4.69, 9.17) is 0 Å². The maximum atomic E-state index is 10.0. The Labute approximate surface area is 78.3 Å². The molecule has 0 fully saturated rings. The molecule has 0 aromatic heterocycles. The van der Waals surface area contributed by atoms with E-state index < -0.39 is 0 Å². The molecule has 0 saturated carbocycles. The summed E-state index contributed by atoms with van der Waals surface area (Å²) in [6.45, 7) is 3.11. The van der Waals surface area contributed by atoms with Crippen molar-refractivity contribution in [2.45, 2.75) is 25.8 Å². The zero-order valence-corrected chi connectivity index (χ0v) is 7.88. The minimum atomic E-state index is 0.225. The highest BCUT2D eigenvalue weighted by molar-refractivity contribution is 5.46. The molecule has 1 atom stereocenters. The summed E-state index contributed by atoms with van der Waals surface area (Å²) in [7, 11) is 0. The van der Waals surface area contributed by atoms with Gasteiger partial charge in [0.2, 0.25) is 12.8 Å². The van der Waals surface area contributed by atoms with Gasteiger partial charge in [0.1, 0.15) is 0 Å². The van der Waals surface area contributed by atoms with Crippen molar-refractivity contribution < 1.29 is 9.59 Å². The number of rotatable bonds is 9. The summed E-state index contributed by atoms with van der Waals surface area (Å²) in [5.41, 5.74) is 0. The van der Waals surface area contributed by atoms with Crippen molar-refractivity contribution in [2.75, 3.05) is 13.2 Å². The summed E-state index contributed by atoms with van der Waals surface area (Å²) in [6.07, 6.45) is 3.33. The van der Waals surface area contributed by atoms with Gasteiger partial charge in [-0.25, -0.2) is 0 Å². The van der Waals surface area contributed by atoms with Crippen LogP contribution in [-0.2, 0) is 9.59 Å². The monoisotopic (exact) mass is 187 g/mol. The van der Waals surface area contributed by atoms with Crippen LogP contribution in [0, 0.1) is 0 Å². The highest BCUT2D eigenvalue weighted by Gasteiger charge is 2.04. The van der Waals surface area contributed by atoms with Crippen molar-refractivity contribution in [1.82, 2.24) is 16.0 Å². The Balaban J connectivity index is 3.52. The summed E-state index contributed by atoms with van der Waals surface area (Å²) in [4.78, 5) is 20.0. The van der Waals surface area contributed by atoms with Crippen LogP contribution in [0.5, 0.6) is 0 Å². The molecular formula is C8H17N3O2. The molecule has 0 rings (SSSR count). The molecule has 0 saturated heterocycles. The summed E-state index contributed by atoms with van der Waals surface area (Å²) < 4.78 is 0. The fourth-order valence-corrected chi connectivity index (χ4v) is 1.06. The van der Waals surface area contributed by atoms with E-state index in [9.17, 15) is 9.59 Å². The quantitative estimate of drug-likeness (QED) is 0.251. The van der Waals surface area contributed by atoms with Crippen LogP contribution in [0.1, 0.15) is 19.8 Å². The predicted molar refractivity (Wildman–Crippen MR) is 50.0 cm³/mol. The Morgan fingerprint density at radius 3 is 2.46 bits per heavy atom. The van der Waals surface area contributed by atoms with E-state index in [1.807, 2.05) is 0 Å². The third-order valence-electron chi connectivity index (χ3n) is 1.66. The van der Waals surface area contributed by atoms with Gasteiger partial charge in [0, 0.05) is 12.6 Å². The highest BCUT2D eigenvalue weighted by Crippen LogP contribution is 1.93. The molecule has 1 unspecified atom stereocenters. The molecule has 2 amide bonds. The second-order valence-electron chi connectivity index (χ2n) is 2.71. The fourth-order valence-electron chi connectivity index (χ4n) is 1.06. The van der Waals surface area contributed by atoms with Gasteiger partial charge in [-0.05, 0) is 6.42 Å². The Morgan fingerprint density at radius 2 is 1.92 bits per heavy atom. The first-order valence-electron chi connectivity index (χ1n) is 4.42. The Hall–Kier alpha value is -1.10. The van der Waals surface area contributed by atoms with E-state index in [1.165, 1.54) is 0 Å². The third kappa shape index (κ3) is 7.27. The average Bonchev–Trinajstić information content (AvgIpc) is 2.14. The van der Waals surface area contributed by atoms with E-state index in [2.05, 4.69) is 22.9 Å². The van der Waals surface area contributed by atoms with Crippen LogP contribution in [-0.4, -0.2) is 32.1 Å². The first-order valence-corrected chi connectivity index (χ1v) is 4.42. The fraction of sp³-hybridized carbons (Fsp3) is 0.750. The molecule has 0 heterocycles. The van der Waals surface area contributed by atoms with Crippen molar-refractivity contribution in [2.24, 2.45) is 0 Å². The van der Waals surface area contributed by atoms with Crippen LogP contribution < -0.4 is 16.0 Å². The van der Waals surface area contributed by atoms with Crippen molar-refractivity contribution >= 4 is 12.8 Å². The molecule has 5 heteroatoms. The Kier molecular flexibility index (Phi) is 8.23. The predicted octanol–water partition coefficient (Wildman–Crippen LogP) is -0.806. The van der Waals surface area contributed by atoms with Crippen LogP contribution in [0.2, 0.25) is 0 Å². The lowest BCUT2D eigenvalue weighted by Crippen LogP contribution is -2.42. The molecule has 76 valence electrons. The topological polar surface area (TPSA) is 70.2 Å². The minimum Gasteiger partial charge on any atom is -0.357 e. The standard InChI is InChI=1S/C8H17N3O2/c1-2-3-8(4-9-6-12)11-5-10-7-13/h6-8,11H,2-5H2,1H3,(H,9,12)(H,10,13). The lowest BCUT2D eigenvalue weighted by molar-refractivity contribution is -0.110. The minimum absolute atomic E-state index is 0.225. The SMILES string of the molecule is CCCC(CNC=O)NCNC=O. The van der Waals surface area contributed by atoms with E-state index >= 15 is 0 Å². The van der Waals surface area contributed by atoms with Gasteiger partial charge in [-0.15, -0.1) is 0 Å². The van der Waals surface area contributed by atoms with Gasteiger partial charge in [-0.2, -0.15) is 0 Å². The first-order chi connectivity index (χ1) is 6.35. The maximum absolute atomic E-state index is 10.0. The normalized spacial score (nSPS) is 11.8. The van der Waals surface area contributed by atoms with Crippen LogP contribution in [0.25, 0.3) is 0 Å². The van der Waals surface area contributed by atoms with Gasteiger partial charge in [-0.1, -0.05) is 13.3 Å². The van der Waals surface area contributed by atoms with E-state index in [1.54, 1.807) is 0 Å². The second kappa shape index (κ2) is 8.99. The van der Waals surface area contributed by atoms with Crippen LogP contribution in [0.3, 0.4) is 0 Å². The molecule has 0 aromatic carbocycles. The van der Waals surface area contributed by atoms with Crippen molar-refractivity contribution in [1.29, 1.82) is 0 Å². The number of carbonyl (C=O) groups excluding carboxylic acids is 2. The smallest absolute Gasteiger partial charge is 0.208 e. The van der Waals surface area contributed by atoms with Gasteiger partial charge in [0.05, 0.1) is 6.67 Å². The number of carbonyl (C=O) groups is 2. The van der Waals surface area contributed by atoms with Crippen molar-refractivity contribution in [3.8, 4) is 0 Å². The van der Waals surface area contributed by atoms with Crippen molar-refractivity contribution in [3.05, 3.63) is 0 Å². The summed E-state index contributed by atoms with van der Waals surface area (Å²) in [5, 5.41) is 8.20. The Morgan fingerprint density at radius 1 is 1.23 bits per heavy atom. The summed E-state index contributed by atoms with van der Waals surface area (Å²) in [5.74, 6) is 0. The molecule has 5 nitrogen and oxygen atoms in total. The number of amides is 2. The van der Waals surface area contributed by atoms with Gasteiger partial charge >= 0.3 is 0 Å². The van der Waals surface area contributed by atoms with Crippen molar-refractivity contribution in [3.63, 3.8) is 0 Å². The molecule has 3 N–H and O–H groups in total. The molecule has 13 heavy (non-hydrogen) atoms. The largest absolute Gasteiger partial charge is 0.357 e. The molecule has 0 spiro atoms. The zero-order valence-electron chi connectivity index (χ0n) is 7.88. The molecule has 0 aliphatic carbocycles. The van der Waals surface area contributed by atoms with Gasteiger partial charge < -0.3 is 10.6 Å². The Bertz CT molecular complexity index is 141. The molecular weight excluding hydrogens is 170 g/mol. The number of hydrogen-bond donors (Lipinski definition) is 3. The maximum Gasteiger partial charge on any atom is 0.208 e. The van der Waals surface area contributed by atoms with E-state index in [-0.39, 0.29) is 6.04 Å². The lowest BCUT2D eigenvalue weighted by Gasteiger charge is -2.16. The second-order valence-corrected chi connectivity index (χ2v) is 2.71.